The van der Waals surface area contributed by atoms with Crippen molar-refractivity contribution in [2.75, 3.05) is 18.4 Å². The van der Waals surface area contributed by atoms with Crippen LogP contribution in [-0.4, -0.2) is 34.8 Å². The Labute approximate surface area is 162 Å². The van der Waals surface area contributed by atoms with Gasteiger partial charge in [-0.3, -0.25) is 9.59 Å². The molecule has 1 aliphatic heterocycles. The summed E-state index contributed by atoms with van der Waals surface area (Å²) in [5.41, 5.74) is 2.48. The second kappa shape index (κ2) is 7.84. The highest BCUT2D eigenvalue weighted by Crippen LogP contribution is 2.22. The number of H-pyrrole nitrogens is 1. The second-order valence-corrected chi connectivity index (χ2v) is 7.19. The van der Waals surface area contributed by atoms with Crippen molar-refractivity contribution < 1.29 is 14.0 Å². The summed E-state index contributed by atoms with van der Waals surface area (Å²) < 4.78 is 13.3. The number of hydrogen-bond acceptors (Lipinski definition) is 2. The van der Waals surface area contributed by atoms with Crippen LogP contribution in [0.4, 0.5) is 10.1 Å². The van der Waals surface area contributed by atoms with Crippen LogP contribution in [0.25, 0.3) is 10.9 Å². The lowest BCUT2D eigenvalue weighted by atomic mass is 9.95. The van der Waals surface area contributed by atoms with Gasteiger partial charge in [-0.25, -0.2) is 4.39 Å². The highest BCUT2D eigenvalue weighted by atomic mass is 19.1. The van der Waals surface area contributed by atoms with Crippen molar-refractivity contribution >= 4 is 28.4 Å². The van der Waals surface area contributed by atoms with Crippen molar-refractivity contribution in [3.8, 4) is 0 Å². The summed E-state index contributed by atoms with van der Waals surface area (Å²) >= 11 is 0. The molecule has 2 amide bonds. The van der Waals surface area contributed by atoms with Crippen molar-refractivity contribution in [1.82, 2.24) is 9.88 Å². The zero-order valence-corrected chi connectivity index (χ0v) is 15.5. The molecule has 2 aromatic carbocycles. The van der Waals surface area contributed by atoms with Crippen LogP contribution in [0.1, 0.15) is 18.4 Å². The Bertz CT molecular complexity index is 1010. The van der Waals surface area contributed by atoms with E-state index in [0.29, 0.717) is 38.0 Å². The van der Waals surface area contributed by atoms with Crippen molar-refractivity contribution in [2.45, 2.75) is 19.3 Å². The fourth-order valence-corrected chi connectivity index (χ4v) is 3.75. The number of benzene rings is 2. The topological polar surface area (TPSA) is 65.2 Å². The molecule has 0 saturated carbocycles. The summed E-state index contributed by atoms with van der Waals surface area (Å²) in [7, 11) is 0. The van der Waals surface area contributed by atoms with Gasteiger partial charge in [0.25, 0.3) is 0 Å². The first kappa shape index (κ1) is 18.2. The number of amides is 2. The quantitative estimate of drug-likeness (QED) is 0.726. The maximum atomic E-state index is 13.3. The molecule has 0 radical (unpaired) electrons. The maximum absolute atomic E-state index is 13.3. The smallest absolute Gasteiger partial charge is 0.227 e. The number of carbonyl (C=O) groups excluding carboxylic acids is 2. The number of nitrogens with one attached hydrogen (secondary N) is 2. The lowest BCUT2D eigenvalue weighted by Gasteiger charge is -2.31. The number of piperidine rings is 1. The lowest BCUT2D eigenvalue weighted by molar-refractivity contribution is -0.133. The van der Waals surface area contributed by atoms with Gasteiger partial charge in [-0.15, -0.1) is 0 Å². The Morgan fingerprint density at radius 2 is 1.89 bits per heavy atom. The van der Waals surface area contributed by atoms with Gasteiger partial charge in [0.2, 0.25) is 11.8 Å². The van der Waals surface area contributed by atoms with Gasteiger partial charge < -0.3 is 15.2 Å². The number of hydrogen-bond donors (Lipinski definition) is 2. The van der Waals surface area contributed by atoms with Gasteiger partial charge in [-0.1, -0.05) is 24.3 Å². The fourth-order valence-electron chi connectivity index (χ4n) is 3.75. The van der Waals surface area contributed by atoms with Crippen molar-refractivity contribution in [1.29, 1.82) is 0 Å². The summed E-state index contributed by atoms with van der Waals surface area (Å²) in [4.78, 5) is 30.1. The Kier molecular flexibility index (Phi) is 5.10. The summed E-state index contributed by atoms with van der Waals surface area (Å²) in [5, 5.41) is 3.84. The molecule has 144 valence electrons. The average molecular weight is 379 g/mol. The first-order valence-electron chi connectivity index (χ1n) is 9.49. The highest BCUT2D eigenvalue weighted by molar-refractivity contribution is 5.93. The van der Waals surface area contributed by atoms with Gasteiger partial charge in [0.1, 0.15) is 5.82 Å². The Balaban J connectivity index is 1.32. The van der Waals surface area contributed by atoms with E-state index in [1.54, 1.807) is 12.1 Å². The van der Waals surface area contributed by atoms with Crippen LogP contribution >= 0.6 is 0 Å². The van der Waals surface area contributed by atoms with Crippen LogP contribution in [0, 0.1) is 11.7 Å². The fraction of sp³-hybridized carbons (Fsp3) is 0.273. The summed E-state index contributed by atoms with van der Waals surface area (Å²) in [5.74, 6) is -0.584. The molecule has 1 aromatic heterocycles. The maximum Gasteiger partial charge on any atom is 0.227 e. The van der Waals surface area contributed by atoms with Gasteiger partial charge in [0, 0.05) is 41.8 Å². The van der Waals surface area contributed by atoms with Crippen molar-refractivity contribution in [3.63, 3.8) is 0 Å². The van der Waals surface area contributed by atoms with E-state index in [1.807, 2.05) is 35.4 Å². The molecule has 1 saturated heterocycles. The Morgan fingerprint density at radius 1 is 1.11 bits per heavy atom. The standard InChI is InChI=1S/C22H22FN3O2/c23-17-4-3-5-18(13-17)25-22(28)15-8-10-26(11-9-15)21(27)12-16-14-24-20-7-2-1-6-19(16)20/h1-7,13-15,24H,8-12H2,(H,25,28). The van der Waals surface area contributed by atoms with Crippen LogP contribution in [0.3, 0.4) is 0 Å². The van der Waals surface area contributed by atoms with Crippen LogP contribution in [0.2, 0.25) is 0 Å². The number of para-hydroxylation sites is 1. The van der Waals surface area contributed by atoms with E-state index in [-0.39, 0.29) is 23.5 Å². The third kappa shape index (κ3) is 3.91. The largest absolute Gasteiger partial charge is 0.361 e. The van der Waals surface area contributed by atoms with Crippen LogP contribution in [-0.2, 0) is 16.0 Å². The van der Waals surface area contributed by atoms with E-state index < -0.39 is 0 Å². The Hall–Kier alpha value is -3.15. The number of fused-ring (bicyclic) bond motifs is 1. The summed E-state index contributed by atoms with van der Waals surface area (Å²) in [6.07, 6.45) is 3.47. The molecule has 0 aliphatic carbocycles. The minimum absolute atomic E-state index is 0.0775. The zero-order chi connectivity index (χ0) is 19.5. The predicted molar refractivity (Wildman–Crippen MR) is 106 cm³/mol. The number of carbonyl (C=O) groups is 2. The predicted octanol–water partition coefficient (Wildman–Crippen LogP) is 3.73. The highest BCUT2D eigenvalue weighted by Gasteiger charge is 2.27. The van der Waals surface area contributed by atoms with E-state index >= 15 is 0 Å². The molecule has 1 fully saturated rings. The van der Waals surface area contributed by atoms with Gasteiger partial charge >= 0.3 is 0 Å². The second-order valence-electron chi connectivity index (χ2n) is 7.19. The number of rotatable bonds is 4. The monoisotopic (exact) mass is 379 g/mol. The molecule has 5 nitrogen and oxygen atoms in total. The average Bonchev–Trinajstić information content (AvgIpc) is 3.11. The number of likely N-dealkylation sites (tertiary alicyclic amines) is 1. The molecule has 6 heteroatoms. The molecule has 2 heterocycles. The molecule has 1 aliphatic rings. The van der Waals surface area contributed by atoms with E-state index in [2.05, 4.69) is 10.3 Å². The van der Waals surface area contributed by atoms with Crippen molar-refractivity contribution in [3.05, 3.63) is 66.1 Å². The number of nitrogens with zero attached hydrogens (tertiary/aromatic N) is 1. The molecule has 2 N–H and O–H groups in total. The van der Waals surface area contributed by atoms with Gasteiger partial charge in [-0.2, -0.15) is 0 Å². The third-order valence-electron chi connectivity index (χ3n) is 5.33. The van der Waals surface area contributed by atoms with Crippen LogP contribution < -0.4 is 5.32 Å². The summed E-state index contributed by atoms with van der Waals surface area (Å²) in [6, 6.07) is 13.8. The SMILES string of the molecule is O=C(Nc1cccc(F)c1)C1CCN(C(=O)Cc2c[nH]c3ccccc23)CC1. The molecule has 0 atom stereocenters. The van der Waals surface area contributed by atoms with Crippen molar-refractivity contribution in [2.24, 2.45) is 5.92 Å². The normalized spacial score (nSPS) is 15.0. The Morgan fingerprint density at radius 3 is 2.68 bits per heavy atom. The molecule has 3 aromatic rings. The van der Waals surface area contributed by atoms with Gasteiger partial charge in [-0.05, 0) is 42.7 Å². The van der Waals surface area contributed by atoms with E-state index in [4.69, 9.17) is 0 Å². The molecule has 28 heavy (non-hydrogen) atoms. The number of aromatic amines is 1. The molecule has 0 spiro atoms. The van der Waals surface area contributed by atoms with Gasteiger partial charge in [0.05, 0.1) is 6.42 Å². The van der Waals surface area contributed by atoms with E-state index in [9.17, 15) is 14.0 Å². The molecule has 0 bridgehead atoms. The third-order valence-corrected chi connectivity index (χ3v) is 5.33. The minimum Gasteiger partial charge on any atom is -0.361 e. The molecular formula is C22H22FN3O2. The number of anilines is 1. The summed E-state index contributed by atoms with van der Waals surface area (Å²) in [6.45, 7) is 1.12. The number of aromatic nitrogens is 1. The minimum atomic E-state index is -0.379. The lowest BCUT2D eigenvalue weighted by Crippen LogP contribution is -2.42. The molecular weight excluding hydrogens is 357 g/mol. The van der Waals surface area contributed by atoms with Gasteiger partial charge in [0.15, 0.2) is 0 Å². The first-order chi connectivity index (χ1) is 13.6. The van der Waals surface area contributed by atoms with E-state index in [0.717, 1.165) is 16.5 Å². The number of halogens is 1. The van der Waals surface area contributed by atoms with E-state index in [1.165, 1.54) is 12.1 Å². The molecule has 4 rings (SSSR count). The first-order valence-corrected chi connectivity index (χ1v) is 9.49. The zero-order valence-electron chi connectivity index (χ0n) is 15.5. The van der Waals surface area contributed by atoms with Crippen LogP contribution in [0.5, 0.6) is 0 Å². The molecule has 0 unspecified atom stereocenters. The van der Waals surface area contributed by atoms with Crippen LogP contribution in [0.15, 0.2) is 54.7 Å².